The molecule has 0 atom stereocenters. The second-order valence-electron chi connectivity index (χ2n) is 6.83. The summed E-state index contributed by atoms with van der Waals surface area (Å²) in [7, 11) is 1.61. The van der Waals surface area contributed by atoms with Crippen molar-refractivity contribution < 1.29 is 18.7 Å². The number of hydrogen-bond acceptors (Lipinski definition) is 4. The monoisotopic (exact) mass is 394 g/mol. The smallest absolute Gasteiger partial charge is 0.412 e. The van der Waals surface area contributed by atoms with Gasteiger partial charge >= 0.3 is 6.09 Å². The minimum absolute atomic E-state index is 0.220. The van der Waals surface area contributed by atoms with Crippen LogP contribution < -0.4 is 14.8 Å². The van der Waals surface area contributed by atoms with Crippen LogP contribution in [0.5, 0.6) is 11.5 Å². The zero-order valence-corrected chi connectivity index (χ0v) is 16.9. The van der Waals surface area contributed by atoms with Crippen LogP contribution in [-0.2, 0) is 6.54 Å². The second kappa shape index (κ2) is 8.73. The van der Waals surface area contributed by atoms with Crippen LogP contribution in [0.1, 0.15) is 22.4 Å². The van der Waals surface area contributed by atoms with Gasteiger partial charge in [-0.15, -0.1) is 0 Å². The second-order valence-corrected chi connectivity index (χ2v) is 6.83. The fourth-order valence-electron chi connectivity index (χ4n) is 3.16. The Morgan fingerprint density at radius 1 is 1.07 bits per heavy atom. The summed E-state index contributed by atoms with van der Waals surface area (Å²) >= 11 is 0. The number of aryl methyl sites for hydroxylation is 2. The summed E-state index contributed by atoms with van der Waals surface area (Å²) in [6, 6.07) is 11.6. The first-order valence-corrected chi connectivity index (χ1v) is 9.19. The first kappa shape index (κ1) is 20.3. The van der Waals surface area contributed by atoms with E-state index in [0.29, 0.717) is 11.4 Å². The molecule has 0 aliphatic rings. The molecule has 0 spiro atoms. The maximum Gasteiger partial charge on any atom is 0.412 e. The normalized spacial score (nSPS) is 10.5. The minimum Gasteiger partial charge on any atom is -0.496 e. The molecule has 1 aromatic heterocycles. The summed E-state index contributed by atoms with van der Waals surface area (Å²) in [4.78, 5) is 16.6. The van der Waals surface area contributed by atoms with Crippen LogP contribution in [0, 0.1) is 26.6 Å². The number of methoxy groups -OCH3 is 1. The van der Waals surface area contributed by atoms with E-state index in [4.69, 9.17) is 9.47 Å². The third-order valence-electron chi connectivity index (χ3n) is 4.59. The van der Waals surface area contributed by atoms with E-state index in [1.165, 1.54) is 12.1 Å². The topological polar surface area (TPSA) is 60.5 Å². The quantitative estimate of drug-likeness (QED) is 0.653. The Balaban J connectivity index is 1.70. The van der Waals surface area contributed by atoms with Crippen LogP contribution in [0.3, 0.4) is 0 Å². The Morgan fingerprint density at radius 3 is 2.48 bits per heavy atom. The Kier molecular flexibility index (Phi) is 6.12. The molecular weight excluding hydrogens is 371 g/mol. The molecule has 0 fully saturated rings. The standard InChI is InChI=1S/C23H23FN2O3/c1-14-9-18(17-5-7-19(24)8-6-17)11-20(10-14)29-23(27)26-13-21-16(3)22(28-4)15(2)12-25-21/h5-12H,13H2,1-4H3,(H,26,27). The molecule has 0 radical (unpaired) electrons. The molecule has 1 N–H and O–H groups in total. The Morgan fingerprint density at radius 2 is 1.79 bits per heavy atom. The minimum atomic E-state index is -0.582. The Labute approximate surface area is 169 Å². The van der Waals surface area contributed by atoms with E-state index in [1.807, 2.05) is 26.8 Å². The van der Waals surface area contributed by atoms with E-state index in [2.05, 4.69) is 10.3 Å². The van der Waals surface area contributed by atoms with Crippen molar-refractivity contribution >= 4 is 6.09 Å². The van der Waals surface area contributed by atoms with Gasteiger partial charge in [0, 0.05) is 17.3 Å². The number of amides is 1. The zero-order chi connectivity index (χ0) is 21.0. The van der Waals surface area contributed by atoms with Crippen LogP contribution in [0.15, 0.2) is 48.7 Å². The maximum atomic E-state index is 13.2. The SMILES string of the molecule is COc1c(C)cnc(CNC(=O)Oc2cc(C)cc(-c3ccc(F)cc3)c2)c1C. The molecule has 29 heavy (non-hydrogen) atoms. The first-order chi connectivity index (χ1) is 13.9. The number of ether oxygens (including phenoxy) is 2. The predicted octanol–water partition coefficient (Wildman–Crippen LogP) is 5.11. The van der Waals surface area contributed by atoms with Gasteiger partial charge in [0.2, 0.25) is 0 Å². The first-order valence-electron chi connectivity index (χ1n) is 9.19. The molecule has 6 heteroatoms. The summed E-state index contributed by atoms with van der Waals surface area (Å²) in [5.41, 5.74) is 5.13. The fourth-order valence-corrected chi connectivity index (χ4v) is 3.16. The third kappa shape index (κ3) is 4.90. The van der Waals surface area contributed by atoms with Crippen LogP contribution >= 0.6 is 0 Å². The lowest BCUT2D eigenvalue weighted by molar-refractivity contribution is 0.200. The molecule has 1 amide bonds. The number of aromatic nitrogens is 1. The van der Waals surface area contributed by atoms with Gasteiger partial charge in [0.1, 0.15) is 17.3 Å². The average molecular weight is 394 g/mol. The molecule has 2 aromatic carbocycles. The summed E-state index contributed by atoms with van der Waals surface area (Å²) in [5, 5.41) is 2.72. The highest BCUT2D eigenvalue weighted by Gasteiger charge is 2.12. The molecular formula is C23H23FN2O3. The summed E-state index contributed by atoms with van der Waals surface area (Å²) in [6.07, 6.45) is 1.13. The molecule has 0 saturated heterocycles. The van der Waals surface area contributed by atoms with Crippen LogP contribution in [0.25, 0.3) is 11.1 Å². The van der Waals surface area contributed by atoms with Crippen molar-refractivity contribution in [2.24, 2.45) is 0 Å². The molecule has 3 rings (SSSR count). The lowest BCUT2D eigenvalue weighted by Crippen LogP contribution is -2.27. The molecule has 0 bridgehead atoms. The van der Waals surface area contributed by atoms with Gasteiger partial charge < -0.3 is 14.8 Å². The van der Waals surface area contributed by atoms with Crippen LogP contribution in [-0.4, -0.2) is 18.2 Å². The van der Waals surface area contributed by atoms with E-state index < -0.39 is 6.09 Å². The van der Waals surface area contributed by atoms with E-state index >= 15 is 0 Å². The van der Waals surface area contributed by atoms with E-state index in [9.17, 15) is 9.18 Å². The molecule has 1 heterocycles. The van der Waals surface area contributed by atoms with E-state index in [1.54, 1.807) is 37.6 Å². The van der Waals surface area contributed by atoms with Gasteiger partial charge in [-0.3, -0.25) is 4.98 Å². The Bertz CT molecular complexity index is 1030. The molecule has 3 aromatic rings. The lowest BCUT2D eigenvalue weighted by atomic mass is 10.0. The Hall–Kier alpha value is -3.41. The highest BCUT2D eigenvalue weighted by molar-refractivity contribution is 5.72. The van der Waals surface area contributed by atoms with Crippen molar-refractivity contribution in [2.75, 3.05) is 7.11 Å². The number of halogens is 1. The maximum absolute atomic E-state index is 13.2. The van der Waals surface area contributed by atoms with Crippen LogP contribution in [0.4, 0.5) is 9.18 Å². The van der Waals surface area contributed by atoms with Gasteiger partial charge in [-0.25, -0.2) is 9.18 Å². The van der Waals surface area contributed by atoms with Crippen LogP contribution in [0.2, 0.25) is 0 Å². The average Bonchev–Trinajstić information content (AvgIpc) is 2.68. The number of hydrogen-bond donors (Lipinski definition) is 1. The largest absolute Gasteiger partial charge is 0.496 e. The van der Waals surface area contributed by atoms with Crippen molar-refractivity contribution in [3.8, 4) is 22.6 Å². The molecule has 0 unspecified atom stereocenters. The molecule has 0 aliphatic carbocycles. The fraction of sp³-hybridized carbons (Fsp3) is 0.217. The summed E-state index contributed by atoms with van der Waals surface area (Å²) < 4.78 is 24.0. The van der Waals surface area contributed by atoms with Gasteiger partial charge in [0.05, 0.1) is 19.3 Å². The summed E-state index contributed by atoms with van der Waals surface area (Å²) in [6.45, 7) is 5.94. The predicted molar refractivity (Wildman–Crippen MR) is 110 cm³/mol. The van der Waals surface area contributed by atoms with Gasteiger partial charge in [0.25, 0.3) is 0 Å². The van der Waals surface area contributed by atoms with Crippen molar-refractivity contribution in [2.45, 2.75) is 27.3 Å². The number of rotatable bonds is 5. The molecule has 0 saturated carbocycles. The van der Waals surface area contributed by atoms with Crippen molar-refractivity contribution in [3.63, 3.8) is 0 Å². The number of nitrogens with one attached hydrogen (secondary N) is 1. The van der Waals surface area contributed by atoms with Gasteiger partial charge in [-0.2, -0.15) is 0 Å². The lowest BCUT2D eigenvalue weighted by Gasteiger charge is -2.13. The zero-order valence-electron chi connectivity index (χ0n) is 16.9. The van der Waals surface area contributed by atoms with Crippen molar-refractivity contribution in [3.05, 3.63) is 76.9 Å². The van der Waals surface area contributed by atoms with Gasteiger partial charge in [-0.05, 0) is 61.7 Å². The number of pyridine rings is 1. The highest BCUT2D eigenvalue weighted by atomic mass is 19.1. The van der Waals surface area contributed by atoms with Crippen molar-refractivity contribution in [1.82, 2.24) is 10.3 Å². The van der Waals surface area contributed by atoms with E-state index in [0.717, 1.165) is 33.6 Å². The van der Waals surface area contributed by atoms with Gasteiger partial charge in [-0.1, -0.05) is 18.2 Å². The molecule has 5 nitrogen and oxygen atoms in total. The number of benzene rings is 2. The number of carbonyl (C=O) groups excluding carboxylic acids is 1. The molecule has 150 valence electrons. The highest BCUT2D eigenvalue weighted by Crippen LogP contribution is 2.27. The number of carbonyl (C=O) groups is 1. The van der Waals surface area contributed by atoms with Crippen molar-refractivity contribution in [1.29, 1.82) is 0 Å². The number of nitrogens with zero attached hydrogens (tertiary/aromatic N) is 1. The summed E-state index contributed by atoms with van der Waals surface area (Å²) in [5.74, 6) is 0.870. The molecule has 0 aliphatic heterocycles. The van der Waals surface area contributed by atoms with Gasteiger partial charge in [0.15, 0.2) is 0 Å². The van der Waals surface area contributed by atoms with E-state index in [-0.39, 0.29) is 12.4 Å². The third-order valence-corrected chi connectivity index (χ3v) is 4.59.